The van der Waals surface area contributed by atoms with E-state index in [1.165, 1.54) is 24.2 Å². The maximum atomic E-state index is 11.8. The van der Waals surface area contributed by atoms with Crippen molar-refractivity contribution in [2.24, 2.45) is 0 Å². The molecule has 16 heavy (non-hydrogen) atoms. The van der Waals surface area contributed by atoms with Gasteiger partial charge in [-0.2, -0.15) is 11.8 Å². The molecule has 0 radical (unpaired) electrons. The van der Waals surface area contributed by atoms with Crippen molar-refractivity contribution in [2.75, 3.05) is 6.26 Å². The highest BCUT2D eigenvalue weighted by molar-refractivity contribution is 7.99. The molecule has 0 aliphatic heterocycles. The van der Waals surface area contributed by atoms with E-state index in [0.29, 0.717) is 11.7 Å². The normalized spacial score (nSPS) is 25.3. The molecule has 1 fully saturated rings. The first-order valence-corrected chi connectivity index (χ1v) is 7.74. The topological polar surface area (TPSA) is 42.0 Å². The Labute approximate surface area is 104 Å². The van der Waals surface area contributed by atoms with Gasteiger partial charge in [-0.3, -0.25) is 4.79 Å². The zero-order valence-corrected chi connectivity index (χ0v) is 10.9. The Morgan fingerprint density at radius 2 is 2.25 bits per heavy atom. The molecule has 5 heteroatoms. The lowest BCUT2D eigenvalue weighted by Gasteiger charge is -2.27. The molecular formula is C11H16N2OS2. The van der Waals surface area contributed by atoms with Gasteiger partial charge in [-0.15, -0.1) is 11.3 Å². The van der Waals surface area contributed by atoms with Crippen LogP contribution in [0, 0.1) is 0 Å². The molecule has 1 saturated carbocycles. The molecule has 1 N–H and O–H groups in total. The van der Waals surface area contributed by atoms with Crippen molar-refractivity contribution in [3.63, 3.8) is 0 Å². The first-order chi connectivity index (χ1) is 7.79. The van der Waals surface area contributed by atoms with Gasteiger partial charge in [-0.25, -0.2) is 4.98 Å². The van der Waals surface area contributed by atoms with Crippen molar-refractivity contribution in [3.05, 3.63) is 16.6 Å². The number of amides is 1. The van der Waals surface area contributed by atoms with Gasteiger partial charge < -0.3 is 5.32 Å². The van der Waals surface area contributed by atoms with Crippen LogP contribution < -0.4 is 5.32 Å². The molecule has 1 aromatic heterocycles. The van der Waals surface area contributed by atoms with E-state index in [0.717, 1.165) is 18.1 Å². The Kier molecular flexibility index (Phi) is 4.23. The van der Waals surface area contributed by atoms with Crippen LogP contribution in [0.2, 0.25) is 0 Å². The number of aromatic nitrogens is 1. The minimum absolute atomic E-state index is 0.0196. The van der Waals surface area contributed by atoms with E-state index in [1.54, 1.807) is 10.9 Å². The summed E-state index contributed by atoms with van der Waals surface area (Å²) in [5.74, 6) is -0.0196. The zero-order valence-electron chi connectivity index (χ0n) is 9.31. The van der Waals surface area contributed by atoms with Gasteiger partial charge in [0.2, 0.25) is 0 Å². The van der Waals surface area contributed by atoms with Crippen LogP contribution in [0.25, 0.3) is 0 Å². The molecule has 0 aromatic carbocycles. The maximum Gasteiger partial charge on any atom is 0.270 e. The number of nitrogens with one attached hydrogen (secondary N) is 1. The summed E-state index contributed by atoms with van der Waals surface area (Å²) < 4.78 is 0. The lowest BCUT2D eigenvalue weighted by molar-refractivity contribution is 0.0924. The second-order valence-corrected chi connectivity index (χ2v) is 5.91. The SMILES string of the molecule is CSC1CCC(NC(=O)c2cscn2)CC1. The average molecular weight is 256 g/mol. The summed E-state index contributed by atoms with van der Waals surface area (Å²) in [6.45, 7) is 0. The molecule has 1 aliphatic carbocycles. The number of hydrogen-bond acceptors (Lipinski definition) is 4. The molecule has 0 unspecified atom stereocenters. The molecule has 0 saturated heterocycles. The Balaban J connectivity index is 1.81. The van der Waals surface area contributed by atoms with Crippen LogP contribution in [0.15, 0.2) is 10.9 Å². The lowest BCUT2D eigenvalue weighted by Crippen LogP contribution is -2.38. The number of thiazole rings is 1. The highest BCUT2D eigenvalue weighted by atomic mass is 32.2. The van der Waals surface area contributed by atoms with Gasteiger partial charge in [-0.05, 0) is 31.9 Å². The van der Waals surface area contributed by atoms with E-state index in [-0.39, 0.29) is 5.91 Å². The molecule has 1 amide bonds. The monoisotopic (exact) mass is 256 g/mol. The fourth-order valence-corrected chi connectivity index (χ4v) is 3.30. The third-order valence-corrected chi connectivity index (χ3v) is 4.73. The summed E-state index contributed by atoms with van der Waals surface area (Å²) in [5, 5.41) is 5.64. The van der Waals surface area contributed by atoms with Gasteiger partial charge in [0.25, 0.3) is 5.91 Å². The summed E-state index contributed by atoms with van der Waals surface area (Å²) in [6.07, 6.45) is 6.79. The van der Waals surface area contributed by atoms with Crippen LogP contribution >= 0.6 is 23.1 Å². The highest BCUT2D eigenvalue weighted by Gasteiger charge is 2.22. The molecule has 1 heterocycles. The number of nitrogens with zero attached hydrogens (tertiary/aromatic N) is 1. The van der Waals surface area contributed by atoms with Crippen LogP contribution in [0.5, 0.6) is 0 Å². The van der Waals surface area contributed by atoms with Crippen molar-refractivity contribution in [2.45, 2.75) is 37.0 Å². The van der Waals surface area contributed by atoms with Crippen molar-refractivity contribution in [1.82, 2.24) is 10.3 Å². The number of carbonyl (C=O) groups is 1. The summed E-state index contributed by atoms with van der Waals surface area (Å²) in [6, 6.07) is 0.345. The summed E-state index contributed by atoms with van der Waals surface area (Å²) in [7, 11) is 0. The number of carbonyl (C=O) groups excluding carboxylic acids is 1. The Bertz CT molecular complexity index is 332. The molecule has 0 atom stereocenters. The van der Waals surface area contributed by atoms with E-state index >= 15 is 0 Å². The second-order valence-electron chi connectivity index (χ2n) is 4.06. The Hall–Kier alpha value is -0.550. The van der Waals surface area contributed by atoms with E-state index in [4.69, 9.17) is 0 Å². The molecule has 0 bridgehead atoms. The zero-order chi connectivity index (χ0) is 11.4. The third-order valence-electron chi connectivity index (χ3n) is 3.01. The van der Waals surface area contributed by atoms with Crippen molar-refractivity contribution in [3.8, 4) is 0 Å². The molecule has 1 aromatic rings. The maximum absolute atomic E-state index is 11.8. The number of thioether (sulfide) groups is 1. The van der Waals surface area contributed by atoms with Gasteiger partial charge in [0.15, 0.2) is 0 Å². The van der Waals surface area contributed by atoms with Crippen molar-refractivity contribution >= 4 is 29.0 Å². The molecular weight excluding hydrogens is 240 g/mol. The van der Waals surface area contributed by atoms with Crippen LogP contribution in [0.4, 0.5) is 0 Å². The second kappa shape index (κ2) is 5.68. The van der Waals surface area contributed by atoms with E-state index in [9.17, 15) is 4.79 Å². The molecule has 2 rings (SSSR count). The minimum Gasteiger partial charge on any atom is -0.348 e. The van der Waals surface area contributed by atoms with Crippen molar-refractivity contribution < 1.29 is 4.79 Å². The molecule has 0 spiro atoms. The van der Waals surface area contributed by atoms with E-state index in [1.807, 2.05) is 11.8 Å². The standard InChI is InChI=1S/C11H16N2OS2/c1-15-9-4-2-8(3-5-9)13-11(14)10-6-16-7-12-10/h6-9H,2-5H2,1H3,(H,13,14). The van der Waals surface area contributed by atoms with Crippen molar-refractivity contribution in [1.29, 1.82) is 0 Å². The van der Waals surface area contributed by atoms with E-state index < -0.39 is 0 Å². The van der Waals surface area contributed by atoms with Gasteiger partial charge >= 0.3 is 0 Å². The van der Waals surface area contributed by atoms with Gasteiger partial charge in [-0.1, -0.05) is 0 Å². The quantitative estimate of drug-likeness (QED) is 0.903. The number of rotatable bonds is 3. The van der Waals surface area contributed by atoms with Crippen LogP contribution in [-0.4, -0.2) is 28.4 Å². The summed E-state index contributed by atoms with van der Waals surface area (Å²) >= 11 is 3.40. The lowest BCUT2D eigenvalue weighted by atomic mass is 9.95. The predicted molar refractivity (Wildman–Crippen MR) is 69.1 cm³/mol. The number of hydrogen-bond donors (Lipinski definition) is 1. The molecule has 1 aliphatic rings. The largest absolute Gasteiger partial charge is 0.348 e. The Morgan fingerprint density at radius 1 is 1.50 bits per heavy atom. The fourth-order valence-electron chi connectivity index (χ4n) is 2.03. The average Bonchev–Trinajstić information content (AvgIpc) is 2.83. The first kappa shape index (κ1) is 11.9. The Morgan fingerprint density at radius 3 is 2.81 bits per heavy atom. The van der Waals surface area contributed by atoms with Crippen LogP contribution in [-0.2, 0) is 0 Å². The van der Waals surface area contributed by atoms with Crippen LogP contribution in [0.3, 0.4) is 0 Å². The van der Waals surface area contributed by atoms with Gasteiger partial charge in [0.1, 0.15) is 5.69 Å². The molecule has 3 nitrogen and oxygen atoms in total. The predicted octanol–water partition coefficient (Wildman–Crippen LogP) is 2.55. The molecule has 88 valence electrons. The third kappa shape index (κ3) is 2.98. The summed E-state index contributed by atoms with van der Waals surface area (Å²) in [5.41, 5.74) is 2.25. The highest BCUT2D eigenvalue weighted by Crippen LogP contribution is 2.26. The fraction of sp³-hybridized carbons (Fsp3) is 0.636. The van der Waals surface area contributed by atoms with Gasteiger partial charge in [0.05, 0.1) is 5.51 Å². The van der Waals surface area contributed by atoms with E-state index in [2.05, 4.69) is 16.6 Å². The summed E-state index contributed by atoms with van der Waals surface area (Å²) in [4.78, 5) is 15.8. The minimum atomic E-state index is -0.0196. The van der Waals surface area contributed by atoms with Crippen LogP contribution in [0.1, 0.15) is 36.2 Å². The first-order valence-electron chi connectivity index (χ1n) is 5.51. The van der Waals surface area contributed by atoms with Gasteiger partial charge in [0, 0.05) is 16.7 Å². The smallest absolute Gasteiger partial charge is 0.270 e.